The number of rotatable bonds is 5. The highest BCUT2D eigenvalue weighted by molar-refractivity contribution is 9.10. The second-order valence-electron chi connectivity index (χ2n) is 8.60. The first-order valence-corrected chi connectivity index (χ1v) is 13.0. The molecule has 4 aromatic rings. The van der Waals surface area contributed by atoms with E-state index < -0.39 is 11.6 Å². The maximum atomic E-state index is 12.5. The van der Waals surface area contributed by atoms with E-state index in [0.29, 0.717) is 0 Å². The van der Waals surface area contributed by atoms with Crippen molar-refractivity contribution in [3.8, 4) is 22.5 Å². The van der Waals surface area contributed by atoms with Crippen molar-refractivity contribution in [2.24, 2.45) is 0 Å². The first kappa shape index (κ1) is 24.1. The fourth-order valence-electron chi connectivity index (χ4n) is 3.76. The van der Waals surface area contributed by atoms with E-state index in [1.165, 1.54) is 15.0 Å². The number of halogens is 1. The standard InChI is InChI=1S/C29H26BrO3S/c1-20-16-25(34-15-13-23-9-5-6-11-26(23)34)17-21(2)28(20)32-19-27(31)33-29(3,4)14-12-22-8-7-10-24(30)18-22/h5-11,13,15-18H,19H2,1-4H3/q+1. The molecule has 172 valence electrons. The molecule has 3 aromatic carbocycles. The Bertz CT molecular complexity index is 1400. The first-order chi connectivity index (χ1) is 16.2. The third kappa shape index (κ3) is 5.70. The van der Waals surface area contributed by atoms with Gasteiger partial charge in [0.15, 0.2) is 21.8 Å². The monoisotopic (exact) mass is 533 g/mol. The number of esters is 1. The van der Waals surface area contributed by atoms with Crippen LogP contribution in [-0.4, -0.2) is 18.2 Å². The molecule has 1 heterocycles. The Kier molecular flexibility index (Phi) is 7.11. The Labute approximate surface area is 211 Å². The lowest BCUT2D eigenvalue weighted by Gasteiger charge is -2.19. The van der Waals surface area contributed by atoms with Crippen LogP contribution < -0.4 is 4.74 Å². The van der Waals surface area contributed by atoms with Crippen molar-refractivity contribution in [2.45, 2.75) is 33.3 Å². The van der Waals surface area contributed by atoms with E-state index in [9.17, 15) is 4.79 Å². The topological polar surface area (TPSA) is 35.5 Å². The highest BCUT2D eigenvalue weighted by Gasteiger charge is 2.22. The predicted molar refractivity (Wildman–Crippen MR) is 144 cm³/mol. The number of hydrogen-bond acceptors (Lipinski definition) is 3. The lowest BCUT2D eigenvalue weighted by atomic mass is 10.1. The highest BCUT2D eigenvalue weighted by atomic mass is 79.9. The summed E-state index contributed by atoms with van der Waals surface area (Å²) in [5.41, 5.74) is 1.92. The van der Waals surface area contributed by atoms with E-state index >= 15 is 0 Å². The zero-order chi connectivity index (χ0) is 24.3. The van der Waals surface area contributed by atoms with Crippen molar-refractivity contribution < 1.29 is 14.3 Å². The number of benzene rings is 3. The molecule has 1 aromatic heterocycles. The molecule has 0 radical (unpaired) electrons. The summed E-state index contributed by atoms with van der Waals surface area (Å²) < 4.78 is 13.8. The predicted octanol–water partition coefficient (Wildman–Crippen LogP) is 7.71. The molecule has 4 rings (SSSR count). The van der Waals surface area contributed by atoms with Gasteiger partial charge in [-0.1, -0.05) is 46.0 Å². The van der Waals surface area contributed by atoms with Crippen LogP contribution >= 0.6 is 26.4 Å². The van der Waals surface area contributed by atoms with E-state index in [1.54, 1.807) is 13.8 Å². The number of carbonyl (C=O) groups excluding carboxylic acids is 1. The van der Waals surface area contributed by atoms with Gasteiger partial charge in [0.2, 0.25) is 0 Å². The van der Waals surface area contributed by atoms with Crippen LogP contribution in [0, 0.1) is 25.7 Å². The Balaban J connectivity index is 1.44. The second kappa shape index (κ2) is 10.0. The van der Waals surface area contributed by atoms with Crippen LogP contribution in [0.5, 0.6) is 5.75 Å². The summed E-state index contributed by atoms with van der Waals surface area (Å²) in [4.78, 5) is 13.7. The third-order valence-corrected chi connectivity index (χ3v) is 7.75. The van der Waals surface area contributed by atoms with Crippen LogP contribution in [0.3, 0.4) is 0 Å². The lowest BCUT2D eigenvalue weighted by molar-refractivity contribution is -0.154. The van der Waals surface area contributed by atoms with Crippen molar-refractivity contribution in [2.75, 3.05) is 6.61 Å². The molecule has 1 unspecified atom stereocenters. The Hall–Kier alpha value is -3.07. The third-order valence-electron chi connectivity index (χ3n) is 5.26. The molecule has 0 bridgehead atoms. The molecule has 0 aliphatic heterocycles. The van der Waals surface area contributed by atoms with E-state index in [1.807, 2.05) is 38.1 Å². The minimum absolute atomic E-state index is 0.0863. The number of thiophene rings is 1. The molecule has 0 saturated carbocycles. The smallest absolute Gasteiger partial charge is 0.345 e. The molecule has 0 saturated heterocycles. The quantitative estimate of drug-likeness (QED) is 0.150. The van der Waals surface area contributed by atoms with Crippen LogP contribution in [0.4, 0.5) is 0 Å². The van der Waals surface area contributed by atoms with Gasteiger partial charge in [-0.25, -0.2) is 4.79 Å². The molecule has 0 fully saturated rings. The molecular weight excluding hydrogens is 508 g/mol. The Morgan fingerprint density at radius 3 is 2.47 bits per heavy atom. The normalized spacial score (nSPS) is 11.6. The van der Waals surface area contributed by atoms with Gasteiger partial charge in [0.1, 0.15) is 11.1 Å². The SMILES string of the molecule is Cc1cc(-[s+]2ccc3ccccc32)cc(C)c1OCC(=O)OC(C)(C)C#Cc1cccc(Br)c1. The van der Waals surface area contributed by atoms with Crippen LogP contribution in [0.1, 0.15) is 30.5 Å². The Morgan fingerprint density at radius 2 is 1.74 bits per heavy atom. The molecule has 0 aliphatic carbocycles. The van der Waals surface area contributed by atoms with Crippen molar-refractivity contribution in [1.82, 2.24) is 0 Å². The molecule has 1 atom stereocenters. The van der Waals surface area contributed by atoms with Gasteiger partial charge < -0.3 is 9.47 Å². The number of aryl methyl sites for hydroxylation is 2. The van der Waals surface area contributed by atoms with E-state index in [-0.39, 0.29) is 17.1 Å². The maximum Gasteiger partial charge on any atom is 0.345 e. The van der Waals surface area contributed by atoms with E-state index in [2.05, 4.69) is 75.6 Å². The van der Waals surface area contributed by atoms with Gasteiger partial charge in [0, 0.05) is 44.1 Å². The van der Waals surface area contributed by atoms with Gasteiger partial charge >= 0.3 is 5.97 Å². The van der Waals surface area contributed by atoms with Crippen molar-refractivity contribution in [1.29, 1.82) is 0 Å². The molecule has 0 amide bonds. The highest BCUT2D eigenvalue weighted by Crippen LogP contribution is 2.42. The maximum absolute atomic E-state index is 12.5. The molecule has 0 N–H and O–H groups in total. The summed E-state index contributed by atoms with van der Waals surface area (Å²) in [7, 11) is -0.0863. The fourth-order valence-corrected chi connectivity index (χ4v) is 6.23. The van der Waals surface area contributed by atoms with Gasteiger partial charge in [0.05, 0.1) is 0 Å². The van der Waals surface area contributed by atoms with Crippen molar-refractivity contribution in [3.63, 3.8) is 0 Å². The number of hydrogen-bond donors (Lipinski definition) is 0. The Morgan fingerprint density at radius 1 is 1.00 bits per heavy atom. The zero-order valence-electron chi connectivity index (χ0n) is 19.6. The van der Waals surface area contributed by atoms with Gasteiger partial charge in [0.25, 0.3) is 0 Å². The zero-order valence-corrected chi connectivity index (χ0v) is 22.0. The number of carbonyl (C=O) groups is 1. The van der Waals surface area contributed by atoms with Crippen LogP contribution in [0.25, 0.3) is 15.0 Å². The summed E-state index contributed by atoms with van der Waals surface area (Å²) in [5, 5.41) is 3.53. The molecule has 3 nitrogen and oxygen atoms in total. The van der Waals surface area contributed by atoms with Crippen molar-refractivity contribution >= 4 is 42.5 Å². The van der Waals surface area contributed by atoms with Crippen LogP contribution in [0.15, 0.2) is 76.6 Å². The van der Waals surface area contributed by atoms with E-state index in [4.69, 9.17) is 9.47 Å². The van der Waals surface area contributed by atoms with Gasteiger partial charge in [-0.05, 0) is 69.2 Å². The van der Waals surface area contributed by atoms with E-state index in [0.717, 1.165) is 26.9 Å². The minimum atomic E-state index is -0.931. The summed E-state index contributed by atoms with van der Waals surface area (Å²) in [6.45, 7) is 7.40. The molecule has 0 aliphatic rings. The average Bonchev–Trinajstić information content (AvgIpc) is 3.21. The summed E-state index contributed by atoms with van der Waals surface area (Å²) in [6.07, 6.45) is 0. The molecule has 5 heteroatoms. The fraction of sp³-hybridized carbons (Fsp3) is 0.207. The van der Waals surface area contributed by atoms with Crippen LogP contribution in [0.2, 0.25) is 0 Å². The van der Waals surface area contributed by atoms with Gasteiger partial charge in [-0.2, -0.15) is 0 Å². The second-order valence-corrected chi connectivity index (χ2v) is 11.4. The molecule has 34 heavy (non-hydrogen) atoms. The van der Waals surface area contributed by atoms with Gasteiger partial charge in [-0.15, -0.1) is 0 Å². The number of ether oxygens (including phenoxy) is 2. The van der Waals surface area contributed by atoms with Crippen molar-refractivity contribution in [3.05, 3.63) is 93.3 Å². The van der Waals surface area contributed by atoms with Gasteiger partial charge in [-0.3, -0.25) is 0 Å². The summed E-state index contributed by atoms with van der Waals surface area (Å²) in [5.74, 6) is 6.35. The minimum Gasteiger partial charge on any atom is -0.481 e. The largest absolute Gasteiger partial charge is 0.481 e. The number of fused-ring (bicyclic) bond motifs is 1. The average molecular weight is 534 g/mol. The first-order valence-electron chi connectivity index (χ1n) is 11.0. The molecule has 0 spiro atoms. The van der Waals surface area contributed by atoms with Crippen LogP contribution in [-0.2, 0) is 9.53 Å². The lowest BCUT2D eigenvalue weighted by Crippen LogP contribution is -2.29. The summed E-state index contributed by atoms with van der Waals surface area (Å²) >= 11 is 3.44. The summed E-state index contributed by atoms with van der Waals surface area (Å²) in [6, 6.07) is 22.6. The molecular formula is C29H26BrO3S+.